The van der Waals surface area contributed by atoms with Gasteiger partial charge < -0.3 is 10.5 Å². The Morgan fingerprint density at radius 3 is 2.43 bits per heavy atom. The molecular weight excluding hydrogens is 244 g/mol. The van der Waals surface area contributed by atoms with Gasteiger partial charge in [0, 0.05) is 17.1 Å². The van der Waals surface area contributed by atoms with Crippen molar-refractivity contribution in [2.45, 2.75) is 6.61 Å². The third-order valence-electron chi connectivity index (χ3n) is 1.65. The highest BCUT2D eigenvalue weighted by atomic mass is 35.5. The molecule has 0 saturated carbocycles. The first kappa shape index (κ1) is 12.1. The standard InChI is InChI=1S/C9H10Cl3NO/c10-7-1-2-8(11)9(12)6(7)5-14-4-3-13/h1-2H,3-5,13H2. The zero-order chi connectivity index (χ0) is 10.6. The Balaban J connectivity index is 2.79. The Hall–Kier alpha value is 0.01000. The van der Waals surface area contributed by atoms with Crippen LogP contribution in [-0.2, 0) is 11.3 Å². The minimum absolute atomic E-state index is 0.329. The molecule has 0 aromatic heterocycles. The van der Waals surface area contributed by atoms with Gasteiger partial charge >= 0.3 is 0 Å². The number of nitrogens with two attached hydrogens (primary N) is 1. The summed E-state index contributed by atoms with van der Waals surface area (Å²) in [6, 6.07) is 3.34. The molecule has 1 aromatic rings. The van der Waals surface area contributed by atoms with Gasteiger partial charge in [-0.2, -0.15) is 0 Å². The fourth-order valence-electron chi connectivity index (χ4n) is 0.959. The number of rotatable bonds is 4. The lowest BCUT2D eigenvalue weighted by Gasteiger charge is -2.08. The van der Waals surface area contributed by atoms with Crippen molar-refractivity contribution in [2.24, 2.45) is 5.73 Å². The van der Waals surface area contributed by atoms with Crippen LogP contribution in [0.2, 0.25) is 15.1 Å². The summed E-state index contributed by atoms with van der Waals surface area (Å²) in [7, 11) is 0. The van der Waals surface area contributed by atoms with E-state index < -0.39 is 0 Å². The van der Waals surface area contributed by atoms with Crippen LogP contribution in [0.1, 0.15) is 5.56 Å². The quantitative estimate of drug-likeness (QED) is 0.662. The van der Waals surface area contributed by atoms with E-state index >= 15 is 0 Å². The van der Waals surface area contributed by atoms with Gasteiger partial charge in [-0.3, -0.25) is 0 Å². The molecule has 0 saturated heterocycles. The average molecular weight is 255 g/mol. The molecule has 1 aromatic carbocycles. The Morgan fingerprint density at radius 1 is 1.14 bits per heavy atom. The maximum absolute atomic E-state index is 5.95. The summed E-state index contributed by atoms with van der Waals surface area (Å²) in [5, 5.41) is 1.47. The number of ether oxygens (including phenoxy) is 1. The molecule has 78 valence electrons. The average Bonchev–Trinajstić information content (AvgIpc) is 2.18. The van der Waals surface area contributed by atoms with E-state index in [0.29, 0.717) is 40.4 Å². The van der Waals surface area contributed by atoms with Crippen molar-refractivity contribution in [3.05, 3.63) is 32.8 Å². The van der Waals surface area contributed by atoms with E-state index in [1.165, 1.54) is 0 Å². The normalized spacial score (nSPS) is 10.6. The summed E-state index contributed by atoms with van der Waals surface area (Å²) in [6.45, 7) is 1.27. The van der Waals surface area contributed by atoms with Gasteiger partial charge in [-0.05, 0) is 12.1 Å². The second kappa shape index (κ2) is 5.79. The van der Waals surface area contributed by atoms with Crippen LogP contribution in [0, 0.1) is 0 Å². The van der Waals surface area contributed by atoms with Crippen molar-refractivity contribution < 1.29 is 4.74 Å². The highest BCUT2D eigenvalue weighted by molar-refractivity contribution is 6.44. The summed E-state index contributed by atoms with van der Waals surface area (Å²) in [4.78, 5) is 0. The van der Waals surface area contributed by atoms with Gasteiger partial charge in [0.2, 0.25) is 0 Å². The highest BCUT2D eigenvalue weighted by Crippen LogP contribution is 2.31. The molecule has 0 unspecified atom stereocenters. The largest absolute Gasteiger partial charge is 0.375 e. The Morgan fingerprint density at radius 2 is 1.79 bits per heavy atom. The molecule has 0 radical (unpaired) electrons. The van der Waals surface area contributed by atoms with E-state index in [0.717, 1.165) is 0 Å². The zero-order valence-electron chi connectivity index (χ0n) is 7.40. The van der Waals surface area contributed by atoms with Crippen LogP contribution >= 0.6 is 34.8 Å². The molecule has 0 amide bonds. The van der Waals surface area contributed by atoms with Gasteiger partial charge in [-0.15, -0.1) is 0 Å². The third kappa shape index (κ3) is 3.01. The number of hydrogen-bond donors (Lipinski definition) is 1. The van der Waals surface area contributed by atoms with E-state index in [9.17, 15) is 0 Å². The Kier molecular flexibility index (Phi) is 4.99. The molecule has 0 atom stereocenters. The van der Waals surface area contributed by atoms with Crippen molar-refractivity contribution in [1.29, 1.82) is 0 Å². The van der Waals surface area contributed by atoms with E-state index in [-0.39, 0.29) is 0 Å². The van der Waals surface area contributed by atoms with Crippen molar-refractivity contribution in [3.63, 3.8) is 0 Å². The molecule has 5 heteroatoms. The molecular formula is C9H10Cl3NO. The van der Waals surface area contributed by atoms with Gasteiger partial charge in [-0.25, -0.2) is 0 Å². The Labute approximate surface area is 97.9 Å². The van der Waals surface area contributed by atoms with Crippen LogP contribution in [-0.4, -0.2) is 13.2 Å². The monoisotopic (exact) mass is 253 g/mol. The van der Waals surface area contributed by atoms with Crippen LogP contribution in [0.15, 0.2) is 12.1 Å². The van der Waals surface area contributed by atoms with E-state index in [1.54, 1.807) is 12.1 Å². The van der Waals surface area contributed by atoms with Crippen LogP contribution in [0.5, 0.6) is 0 Å². The lowest BCUT2D eigenvalue weighted by molar-refractivity contribution is 0.128. The van der Waals surface area contributed by atoms with Gasteiger partial charge in [0.05, 0.1) is 23.3 Å². The maximum atomic E-state index is 5.95. The van der Waals surface area contributed by atoms with Gasteiger partial charge in [0.1, 0.15) is 0 Å². The van der Waals surface area contributed by atoms with Crippen molar-refractivity contribution >= 4 is 34.8 Å². The van der Waals surface area contributed by atoms with E-state index in [2.05, 4.69) is 0 Å². The third-order valence-corrected chi connectivity index (χ3v) is 2.85. The number of halogens is 3. The smallest absolute Gasteiger partial charge is 0.0747 e. The fourth-order valence-corrected chi connectivity index (χ4v) is 1.62. The lowest BCUT2D eigenvalue weighted by Crippen LogP contribution is -2.08. The highest BCUT2D eigenvalue weighted by Gasteiger charge is 2.09. The molecule has 0 bridgehead atoms. The zero-order valence-corrected chi connectivity index (χ0v) is 9.66. The first-order valence-electron chi connectivity index (χ1n) is 4.07. The number of hydrogen-bond acceptors (Lipinski definition) is 2. The molecule has 0 aliphatic carbocycles. The van der Waals surface area contributed by atoms with Crippen molar-refractivity contribution in [3.8, 4) is 0 Å². The van der Waals surface area contributed by atoms with Gasteiger partial charge in [0.25, 0.3) is 0 Å². The first-order chi connectivity index (χ1) is 6.66. The van der Waals surface area contributed by atoms with Crippen molar-refractivity contribution in [1.82, 2.24) is 0 Å². The van der Waals surface area contributed by atoms with E-state index in [4.69, 9.17) is 45.3 Å². The maximum Gasteiger partial charge on any atom is 0.0747 e. The molecule has 0 fully saturated rings. The minimum Gasteiger partial charge on any atom is -0.375 e. The summed E-state index contributed by atoms with van der Waals surface area (Å²) in [5.41, 5.74) is 5.98. The number of benzene rings is 1. The van der Waals surface area contributed by atoms with E-state index in [1.807, 2.05) is 0 Å². The van der Waals surface area contributed by atoms with Gasteiger partial charge in [0.15, 0.2) is 0 Å². The summed E-state index contributed by atoms with van der Waals surface area (Å²) >= 11 is 17.7. The molecule has 2 N–H and O–H groups in total. The van der Waals surface area contributed by atoms with Crippen molar-refractivity contribution in [2.75, 3.05) is 13.2 Å². The molecule has 14 heavy (non-hydrogen) atoms. The van der Waals surface area contributed by atoms with Gasteiger partial charge in [-0.1, -0.05) is 34.8 Å². The Bertz CT molecular complexity index is 317. The predicted octanol–water partition coefficient (Wildman–Crippen LogP) is 3.12. The summed E-state index contributed by atoms with van der Waals surface area (Å²) in [6.07, 6.45) is 0. The second-order valence-corrected chi connectivity index (χ2v) is 3.86. The summed E-state index contributed by atoms with van der Waals surface area (Å²) < 4.78 is 5.23. The van der Waals surface area contributed by atoms with Crippen LogP contribution in [0.25, 0.3) is 0 Å². The molecule has 0 spiro atoms. The SMILES string of the molecule is NCCOCc1c(Cl)ccc(Cl)c1Cl. The molecule has 2 nitrogen and oxygen atoms in total. The summed E-state index contributed by atoms with van der Waals surface area (Å²) in [5.74, 6) is 0. The lowest BCUT2D eigenvalue weighted by atomic mass is 10.2. The molecule has 0 aliphatic heterocycles. The first-order valence-corrected chi connectivity index (χ1v) is 5.20. The minimum atomic E-state index is 0.329. The second-order valence-electron chi connectivity index (χ2n) is 2.66. The van der Waals surface area contributed by atoms with Crippen LogP contribution in [0.4, 0.5) is 0 Å². The molecule has 1 rings (SSSR count). The fraction of sp³-hybridized carbons (Fsp3) is 0.333. The van der Waals surface area contributed by atoms with Crippen LogP contribution in [0.3, 0.4) is 0 Å². The molecule has 0 aliphatic rings. The topological polar surface area (TPSA) is 35.2 Å². The molecule has 0 heterocycles. The predicted molar refractivity (Wildman–Crippen MR) is 60.2 cm³/mol. The van der Waals surface area contributed by atoms with Crippen LogP contribution < -0.4 is 5.73 Å².